The summed E-state index contributed by atoms with van der Waals surface area (Å²) in [6.07, 6.45) is 7.15. The highest BCUT2D eigenvalue weighted by Gasteiger charge is 2.17. The Bertz CT molecular complexity index is 375. The molecule has 1 aliphatic carbocycles. The maximum absolute atomic E-state index is 12.8. The van der Waals surface area contributed by atoms with Gasteiger partial charge in [0.1, 0.15) is 5.83 Å². The van der Waals surface area contributed by atoms with Gasteiger partial charge in [0, 0.05) is 11.6 Å². The molecule has 1 N–H and O–H groups in total. The van der Waals surface area contributed by atoms with Crippen molar-refractivity contribution in [2.75, 3.05) is 0 Å². The largest absolute Gasteiger partial charge is 0.349 e. The van der Waals surface area contributed by atoms with E-state index in [2.05, 4.69) is 11.9 Å². The SMILES string of the molecule is C=C(F)/C=C(\C=C(/C)F)C(=O)NC1CCCCC1. The number of carbonyl (C=O) groups is 1. The summed E-state index contributed by atoms with van der Waals surface area (Å²) in [6.45, 7) is 4.27. The van der Waals surface area contributed by atoms with Crippen molar-refractivity contribution in [1.82, 2.24) is 5.32 Å². The monoisotopic (exact) mass is 255 g/mol. The Morgan fingerprint density at radius 3 is 2.33 bits per heavy atom. The summed E-state index contributed by atoms with van der Waals surface area (Å²) in [4.78, 5) is 11.9. The van der Waals surface area contributed by atoms with Crippen molar-refractivity contribution in [1.29, 1.82) is 0 Å². The molecule has 100 valence electrons. The number of amides is 1. The Labute approximate surface area is 106 Å². The zero-order chi connectivity index (χ0) is 13.5. The van der Waals surface area contributed by atoms with Crippen LogP contribution in [0.25, 0.3) is 0 Å². The van der Waals surface area contributed by atoms with Crippen LogP contribution in [0.2, 0.25) is 0 Å². The highest BCUT2D eigenvalue weighted by Crippen LogP contribution is 2.18. The summed E-state index contributed by atoms with van der Waals surface area (Å²) in [7, 11) is 0. The fourth-order valence-corrected chi connectivity index (χ4v) is 2.07. The quantitative estimate of drug-likeness (QED) is 0.602. The van der Waals surface area contributed by atoms with Crippen LogP contribution in [0.3, 0.4) is 0 Å². The molecule has 1 aliphatic rings. The van der Waals surface area contributed by atoms with Crippen LogP contribution in [0.15, 0.2) is 36.0 Å². The summed E-state index contributed by atoms with van der Waals surface area (Å²) in [5, 5.41) is 2.80. The van der Waals surface area contributed by atoms with E-state index in [0.29, 0.717) is 0 Å². The number of hydrogen-bond donors (Lipinski definition) is 1. The fraction of sp³-hybridized carbons (Fsp3) is 0.500. The van der Waals surface area contributed by atoms with E-state index in [-0.39, 0.29) is 11.6 Å². The number of allylic oxidation sites excluding steroid dienone is 3. The zero-order valence-electron chi connectivity index (χ0n) is 10.6. The van der Waals surface area contributed by atoms with Crippen LogP contribution in [-0.2, 0) is 4.79 Å². The molecule has 0 aromatic rings. The first-order chi connectivity index (χ1) is 8.49. The summed E-state index contributed by atoms with van der Waals surface area (Å²) < 4.78 is 25.6. The normalized spacial score (nSPS) is 18.6. The molecule has 2 nitrogen and oxygen atoms in total. The predicted molar refractivity (Wildman–Crippen MR) is 68.2 cm³/mol. The van der Waals surface area contributed by atoms with Crippen molar-refractivity contribution >= 4 is 5.91 Å². The fourth-order valence-electron chi connectivity index (χ4n) is 2.07. The van der Waals surface area contributed by atoms with Crippen LogP contribution >= 0.6 is 0 Å². The van der Waals surface area contributed by atoms with Gasteiger partial charge in [-0.05, 0) is 31.9 Å². The molecule has 1 saturated carbocycles. The number of rotatable bonds is 4. The summed E-state index contributed by atoms with van der Waals surface area (Å²) in [5.41, 5.74) is -0.0342. The third-order valence-electron chi connectivity index (χ3n) is 2.87. The molecule has 0 unspecified atom stereocenters. The van der Waals surface area contributed by atoms with E-state index in [1.165, 1.54) is 13.3 Å². The van der Waals surface area contributed by atoms with Gasteiger partial charge < -0.3 is 5.32 Å². The minimum Gasteiger partial charge on any atom is -0.349 e. The van der Waals surface area contributed by atoms with E-state index >= 15 is 0 Å². The molecular formula is C14H19F2NO. The highest BCUT2D eigenvalue weighted by molar-refractivity contribution is 5.96. The number of nitrogens with one attached hydrogen (secondary N) is 1. The molecule has 0 atom stereocenters. The Kier molecular flexibility index (Phi) is 5.75. The van der Waals surface area contributed by atoms with E-state index in [0.717, 1.165) is 37.8 Å². The number of hydrogen-bond acceptors (Lipinski definition) is 1. The van der Waals surface area contributed by atoms with Crippen LogP contribution in [0.4, 0.5) is 8.78 Å². The maximum Gasteiger partial charge on any atom is 0.251 e. The molecule has 0 spiro atoms. The topological polar surface area (TPSA) is 29.1 Å². The minimum absolute atomic E-state index is 0.0342. The Morgan fingerprint density at radius 2 is 1.83 bits per heavy atom. The van der Waals surface area contributed by atoms with Gasteiger partial charge in [-0.25, -0.2) is 8.78 Å². The van der Waals surface area contributed by atoms with Gasteiger partial charge in [0.2, 0.25) is 0 Å². The number of carbonyl (C=O) groups excluding carboxylic acids is 1. The van der Waals surface area contributed by atoms with Crippen molar-refractivity contribution < 1.29 is 13.6 Å². The Balaban J connectivity index is 2.70. The molecule has 0 aromatic carbocycles. The Hall–Kier alpha value is -1.45. The molecule has 0 aromatic heterocycles. The van der Waals surface area contributed by atoms with Crippen molar-refractivity contribution in [3.05, 3.63) is 36.0 Å². The van der Waals surface area contributed by atoms with Gasteiger partial charge in [-0.3, -0.25) is 4.79 Å². The third kappa shape index (κ3) is 5.25. The lowest BCUT2D eigenvalue weighted by Gasteiger charge is -2.22. The van der Waals surface area contributed by atoms with Gasteiger partial charge in [-0.15, -0.1) is 0 Å². The lowest BCUT2D eigenvalue weighted by Crippen LogP contribution is -2.36. The molecule has 0 heterocycles. The van der Waals surface area contributed by atoms with Crippen molar-refractivity contribution in [3.63, 3.8) is 0 Å². The standard InChI is InChI=1S/C14H19F2NO/c1-10(15)8-12(9-11(2)16)14(18)17-13-6-4-3-5-7-13/h8-9,13H,1,3-7H2,2H3,(H,17,18)/b11-9+,12-8+. The first-order valence-electron chi connectivity index (χ1n) is 6.20. The molecule has 1 rings (SSSR count). The maximum atomic E-state index is 12.8. The summed E-state index contributed by atoms with van der Waals surface area (Å²) in [6, 6.07) is 0.107. The molecule has 4 heteroatoms. The van der Waals surface area contributed by atoms with Crippen LogP contribution in [0.5, 0.6) is 0 Å². The first-order valence-corrected chi connectivity index (χ1v) is 6.20. The number of halogens is 2. The predicted octanol–water partition coefficient (Wildman–Crippen LogP) is 3.72. The third-order valence-corrected chi connectivity index (χ3v) is 2.87. The molecule has 1 amide bonds. The van der Waals surface area contributed by atoms with Crippen LogP contribution < -0.4 is 5.32 Å². The molecule has 0 bridgehead atoms. The molecule has 0 aliphatic heterocycles. The van der Waals surface area contributed by atoms with Crippen molar-refractivity contribution in [2.24, 2.45) is 0 Å². The molecule has 18 heavy (non-hydrogen) atoms. The second kappa shape index (κ2) is 7.09. The summed E-state index contributed by atoms with van der Waals surface area (Å²) >= 11 is 0. The van der Waals surface area contributed by atoms with Crippen LogP contribution in [0, 0.1) is 0 Å². The zero-order valence-corrected chi connectivity index (χ0v) is 10.6. The lowest BCUT2D eigenvalue weighted by atomic mass is 9.95. The molecule has 1 fully saturated rings. The van der Waals surface area contributed by atoms with Gasteiger partial charge >= 0.3 is 0 Å². The first kappa shape index (κ1) is 14.6. The lowest BCUT2D eigenvalue weighted by molar-refractivity contribution is -0.118. The van der Waals surface area contributed by atoms with Crippen molar-refractivity contribution in [2.45, 2.75) is 45.1 Å². The molecule has 0 saturated heterocycles. The average Bonchev–Trinajstić information content (AvgIpc) is 2.28. The minimum atomic E-state index is -0.763. The average molecular weight is 255 g/mol. The van der Waals surface area contributed by atoms with Gasteiger partial charge in [0.05, 0.1) is 5.83 Å². The van der Waals surface area contributed by atoms with Gasteiger partial charge in [-0.2, -0.15) is 0 Å². The van der Waals surface area contributed by atoms with Gasteiger partial charge in [0.25, 0.3) is 5.91 Å². The van der Waals surface area contributed by atoms with E-state index in [9.17, 15) is 13.6 Å². The highest BCUT2D eigenvalue weighted by atomic mass is 19.1. The smallest absolute Gasteiger partial charge is 0.251 e. The van der Waals surface area contributed by atoms with Gasteiger partial charge in [-0.1, -0.05) is 25.8 Å². The van der Waals surface area contributed by atoms with Gasteiger partial charge in [0.15, 0.2) is 0 Å². The van der Waals surface area contributed by atoms with Crippen LogP contribution in [0.1, 0.15) is 39.0 Å². The van der Waals surface area contributed by atoms with E-state index < -0.39 is 17.6 Å². The summed E-state index contributed by atoms with van der Waals surface area (Å²) in [5.74, 6) is -1.75. The van der Waals surface area contributed by atoms with E-state index in [1.807, 2.05) is 0 Å². The van der Waals surface area contributed by atoms with Crippen molar-refractivity contribution in [3.8, 4) is 0 Å². The Morgan fingerprint density at radius 1 is 1.22 bits per heavy atom. The molecular weight excluding hydrogens is 236 g/mol. The second-order valence-corrected chi connectivity index (χ2v) is 4.59. The van der Waals surface area contributed by atoms with Crippen LogP contribution in [-0.4, -0.2) is 11.9 Å². The van der Waals surface area contributed by atoms with E-state index in [4.69, 9.17) is 0 Å². The molecule has 0 radical (unpaired) electrons. The van der Waals surface area contributed by atoms with E-state index in [1.54, 1.807) is 0 Å². The second-order valence-electron chi connectivity index (χ2n) is 4.59.